The monoisotopic (exact) mass is 381 g/mol. The molecule has 22 heavy (non-hydrogen) atoms. The first-order chi connectivity index (χ1) is 8.52. The van der Waals surface area contributed by atoms with Crippen molar-refractivity contribution in [1.82, 2.24) is 18.5 Å². The van der Waals surface area contributed by atoms with Crippen LogP contribution >= 0.6 is 14.5 Å². The van der Waals surface area contributed by atoms with Crippen molar-refractivity contribution < 1.29 is 28.1 Å². The Balaban J connectivity index is -0.000000540. The fourth-order valence-electron chi connectivity index (χ4n) is 1.11. The van der Waals surface area contributed by atoms with Gasteiger partial charge in [0.2, 0.25) is 0 Å². The van der Waals surface area contributed by atoms with Crippen molar-refractivity contribution in [3.8, 4) is 0 Å². The first kappa shape index (κ1) is 30.0. The van der Waals surface area contributed by atoms with Crippen LogP contribution in [0.4, 0.5) is 0 Å². The van der Waals surface area contributed by atoms with E-state index in [2.05, 4.69) is 26.7 Å². The van der Waals surface area contributed by atoms with E-state index >= 15 is 0 Å². The molecular formula is C10H29N3O6P2S. The second-order valence-electron chi connectivity index (χ2n) is 4.14. The van der Waals surface area contributed by atoms with E-state index in [1.165, 1.54) is 5.57 Å². The van der Waals surface area contributed by atoms with E-state index in [9.17, 15) is 19.2 Å². The Labute approximate surface area is 137 Å². The number of allylic oxidation sites excluding steroid dienone is 3. The lowest BCUT2D eigenvalue weighted by Crippen LogP contribution is -2.19. The zero-order valence-corrected chi connectivity index (χ0v) is 16.6. The molecule has 0 aliphatic rings. The average Bonchev–Trinajstić information content (AvgIpc) is 2.12. The lowest BCUT2D eigenvalue weighted by atomic mass is 10.1. The summed E-state index contributed by atoms with van der Waals surface area (Å²) in [6.07, 6.45) is 5.34. The number of quaternary nitrogens is 3. The van der Waals surface area contributed by atoms with Gasteiger partial charge in [0.05, 0.1) is 14.4 Å². The quantitative estimate of drug-likeness (QED) is 0.420. The molecule has 1 atom stereocenters. The maximum absolute atomic E-state index is 11.3. The van der Waals surface area contributed by atoms with Crippen molar-refractivity contribution >= 4 is 26.3 Å². The fraction of sp³-hybridized carbons (Fsp3) is 0.600. The topological polar surface area (TPSA) is 214 Å². The fourth-order valence-corrected chi connectivity index (χ4v) is 3.45. The largest absolute Gasteiger partial charge is 0.790 e. The molecule has 0 radical (unpaired) electrons. The molecule has 0 aromatic heterocycles. The van der Waals surface area contributed by atoms with E-state index in [1.54, 1.807) is 6.08 Å². The van der Waals surface area contributed by atoms with Gasteiger partial charge in [-0.3, -0.25) is 0 Å². The zero-order valence-electron chi connectivity index (χ0n) is 14.0. The van der Waals surface area contributed by atoms with E-state index in [-0.39, 0.29) is 25.1 Å². The second kappa shape index (κ2) is 13.5. The van der Waals surface area contributed by atoms with Crippen LogP contribution < -0.4 is 33.1 Å². The van der Waals surface area contributed by atoms with Crippen molar-refractivity contribution in [3.05, 3.63) is 23.3 Å². The molecule has 0 fully saturated rings. The van der Waals surface area contributed by atoms with Crippen LogP contribution in [0, 0.1) is 0 Å². The number of rotatable bonds is 8. The van der Waals surface area contributed by atoms with Crippen molar-refractivity contribution in [2.45, 2.75) is 33.6 Å². The molecule has 0 spiro atoms. The van der Waals surface area contributed by atoms with Crippen molar-refractivity contribution in [2.24, 2.45) is 0 Å². The van der Waals surface area contributed by atoms with Gasteiger partial charge in [-0.25, -0.2) is 0 Å². The SMILES string of the molecule is CC(C)=CCC/C(C)=C/COP([O-])(=S)OP(=O)([O-])[O-].[NH4+].[NH4+].[NH4+]. The molecular weight excluding hydrogens is 352 g/mol. The normalized spacial score (nSPS) is 13.8. The molecule has 0 aliphatic heterocycles. The smallest absolute Gasteiger partial charge is 0.120 e. The van der Waals surface area contributed by atoms with E-state index in [1.807, 2.05) is 20.8 Å². The molecule has 0 aromatic rings. The van der Waals surface area contributed by atoms with Crippen LogP contribution in [0.3, 0.4) is 0 Å². The molecule has 0 saturated heterocycles. The van der Waals surface area contributed by atoms with Gasteiger partial charge in [0, 0.05) is 0 Å². The van der Waals surface area contributed by atoms with Crippen LogP contribution in [-0.2, 0) is 25.2 Å². The summed E-state index contributed by atoms with van der Waals surface area (Å²) in [5.41, 5.74) is 2.19. The minimum Gasteiger partial charge on any atom is -0.790 e. The van der Waals surface area contributed by atoms with E-state index < -0.39 is 14.5 Å². The van der Waals surface area contributed by atoms with Gasteiger partial charge in [0.1, 0.15) is 6.72 Å². The van der Waals surface area contributed by atoms with Crippen LogP contribution in [-0.4, -0.2) is 6.61 Å². The molecule has 0 bridgehead atoms. The Morgan fingerprint density at radius 2 is 1.59 bits per heavy atom. The zero-order chi connectivity index (χ0) is 15.1. The lowest BCUT2D eigenvalue weighted by molar-refractivity contribution is -0.338. The van der Waals surface area contributed by atoms with Gasteiger partial charge in [-0.1, -0.05) is 35.1 Å². The van der Waals surface area contributed by atoms with Crippen molar-refractivity contribution in [3.63, 3.8) is 0 Å². The van der Waals surface area contributed by atoms with E-state index in [0.717, 1.165) is 18.4 Å². The highest BCUT2D eigenvalue weighted by Crippen LogP contribution is 2.50. The molecule has 12 heteroatoms. The van der Waals surface area contributed by atoms with E-state index in [4.69, 9.17) is 0 Å². The summed E-state index contributed by atoms with van der Waals surface area (Å²) in [4.78, 5) is 31.8. The van der Waals surface area contributed by atoms with Gasteiger partial charge in [-0.05, 0) is 33.6 Å². The highest BCUT2D eigenvalue weighted by atomic mass is 32.5. The van der Waals surface area contributed by atoms with Crippen LogP contribution in [0.5, 0.6) is 0 Å². The molecule has 1 unspecified atom stereocenters. The van der Waals surface area contributed by atoms with Gasteiger partial charge in [0.15, 0.2) is 0 Å². The molecule has 0 aromatic carbocycles. The van der Waals surface area contributed by atoms with Gasteiger partial charge in [-0.2, -0.15) is 0 Å². The van der Waals surface area contributed by atoms with Crippen LogP contribution in [0.25, 0.3) is 0 Å². The third-order valence-corrected chi connectivity index (χ3v) is 4.94. The first-order valence-electron chi connectivity index (χ1n) is 5.50. The Morgan fingerprint density at radius 3 is 2.00 bits per heavy atom. The van der Waals surface area contributed by atoms with Gasteiger partial charge < -0.3 is 46.5 Å². The molecule has 136 valence electrons. The van der Waals surface area contributed by atoms with Crippen LogP contribution in [0.2, 0.25) is 0 Å². The number of hydrogen-bond donors (Lipinski definition) is 3. The Hall–Kier alpha value is 0.0400. The maximum atomic E-state index is 11.3. The third kappa shape index (κ3) is 20.0. The molecule has 0 amide bonds. The summed E-state index contributed by atoms with van der Waals surface area (Å²) >= 11 is 4.27. The van der Waals surface area contributed by atoms with Crippen molar-refractivity contribution in [2.75, 3.05) is 6.61 Å². The Morgan fingerprint density at radius 1 is 1.09 bits per heavy atom. The molecule has 12 N–H and O–H groups in total. The highest BCUT2D eigenvalue weighted by Gasteiger charge is 2.05. The Kier molecular flexibility index (Phi) is 18.4. The van der Waals surface area contributed by atoms with E-state index in [0.29, 0.717) is 0 Å². The van der Waals surface area contributed by atoms with Gasteiger partial charge in [0.25, 0.3) is 0 Å². The number of hydrogen-bond acceptors (Lipinski definition) is 7. The molecule has 0 rings (SSSR count). The minimum atomic E-state index is -5.40. The summed E-state index contributed by atoms with van der Waals surface area (Å²) in [7, 11) is -5.40. The summed E-state index contributed by atoms with van der Waals surface area (Å²) in [5.74, 6) is 0. The summed E-state index contributed by atoms with van der Waals surface area (Å²) in [6.45, 7) is 1.41. The third-order valence-electron chi connectivity index (χ3n) is 1.96. The molecule has 0 heterocycles. The summed E-state index contributed by atoms with van der Waals surface area (Å²) in [5, 5.41) is 0. The average molecular weight is 381 g/mol. The predicted octanol–water partition coefficient (Wildman–Crippen LogP) is 2.25. The van der Waals surface area contributed by atoms with Gasteiger partial charge >= 0.3 is 0 Å². The molecule has 0 saturated carbocycles. The van der Waals surface area contributed by atoms with Crippen LogP contribution in [0.1, 0.15) is 33.6 Å². The molecule has 0 aliphatic carbocycles. The number of phosphoric acid groups is 1. The van der Waals surface area contributed by atoms with Crippen molar-refractivity contribution in [1.29, 1.82) is 0 Å². The molecule has 9 nitrogen and oxygen atoms in total. The maximum Gasteiger partial charge on any atom is 0.120 e. The van der Waals surface area contributed by atoms with Gasteiger partial charge in [-0.15, -0.1) is 0 Å². The Bertz CT molecular complexity index is 448. The second-order valence-corrected chi connectivity index (χ2v) is 8.18. The predicted molar refractivity (Wildman–Crippen MR) is 89.3 cm³/mol. The highest BCUT2D eigenvalue weighted by molar-refractivity contribution is 8.07. The minimum absolute atomic E-state index is 0. The first-order valence-corrected chi connectivity index (χ1v) is 9.51. The van der Waals surface area contributed by atoms with Crippen LogP contribution in [0.15, 0.2) is 23.3 Å². The lowest BCUT2D eigenvalue weighted by Gasteiger charge is -2.37. The standard InChI is InChI=1S/C10H20O6P2S.3H3N/c1-9(2)5-4-6-10(3)7-8-15-18(14,19)16-17(11,12)13;;;/h5,7H,4,6,8H2,1-3H3,(H,14,19)(H2,11,12,13);3*1H3/b10-7+;;;. The summed E-state index contributed by atoms with van der Waals surface area (Å²) < 4.78 is 18.5. The summed E-state index contributed by atoms with van der Waals surface area (Å²) in [6, 6.07) is 0.